The minimum atomic E-state index is -0.929. The Hall–Kier alpha value is -0.840. The van der Waals surface area contributed by atoms with Crippen molar-refractivity contribution in [3.63, 3.8) is 0 Å². The van der Waals surface area contributed by atoms with Gasteiger partial charge in [0.25, 0.3) is 0 Å². The van der Waals surface area contributed by atoms with Crippen molar-refractivity contribution in [3.8, 4) is 0 Å². The van der Waals surface area contributed by atoms with Crippen molar-refractivity contribution in [3.05, 3.63) is 22.8 Å². The summed E-state index contributed by atoms with van der Waals surface area (Å²) in [6.07, 6.45) is 2.68. The van der Waals surface area contributed by atoms with Crippen LogP contribution in [0.3, 0.4) is 0 Å². The Balaban J connectivity index is 2.16. The van der Waals surface area contributed by atoms with Crippen molar-refractivity contribution in [2.45, 2.75) is 31.5 Å². The number of halogens is 1. The van der Waals surface area contributed by atoms with Crippen molar-refractivity contribution in [2.75, 3.05) is 12.3 Å². The van der Waals surface area contributed by atoms with Crippen LogP contribution in [0.1, 0.15) is 25.3 Å². The normalized spacial score (nSPS) is 28.8. The number of aromatic nitrogens is 1. The van der Waals surface area contributed by atoms with Gasteiger partial charge in [-0.25, -0.2) is 4.98 Å². The molecule has 0 saturated heterocycles. The molecule has 0 atom stereocenters. The number of aliphatic hydroxyl groups is 1. The first kappa shape index (κ1) is 11.6. The Kier molecular flexibility index (Phi) is 3.06. The highest BCUT2D eigenvalue weighted by Gasteiger charge is 2.46. The molecule has 0 radical (unpaired) electrons. The number of rotatable bonds is 3. The topological polar surface area (TPSA) is 68.4 Å². The minimum Gasteiger partial charge on any atom is -0.385 e. The van der Waals surface area contributed by atoms with Crippen LogP contribution >= 0.6 is 11.6 Å². The first-order chi connectivity index (χ1) is 7.55. The third kappa shape index (κ3) is 2.00. The van der Waals surface area contributed by atoms with E-state index in [2.05, 4.69) is 4.98 Å². The van der Waals surface area contributed by atoms with Crippen LogP contribution in [0.5, 0.6) is 0 Å². The van der Waals surface area contributed by atoms with E-state index >= 15 is 0 Å². The molecule has 0 aromatic carbocycles. The number of nitrogens with zero attached hydrogens (tertiary/aromatic N) is 1. The summed E-state index contributed by atoms with van der Waals surface area (Å²) in [5, 5.41) is 10.8. The third-order valence-electron chi connectivity index (χ3n) is 2.92. The zero-order chi connectivity index (χ0) is 11.8. The summed E-state index contributed by atoms with van der Waals surface area (Å²) in [6, 6.07) is 1.67. The van der Waals surface area contributed by atoms with Crippen molar-refractivity contribution >= 4 is 17.4 Å². The van der Waals surface area contributed by atoms with Crippen molar-refractivity contribution in [1.29, 1.82) is 0 Å². The molecule has 4 nitrogen and oxygen atoms in total. The summed E-state index contributed by atoms with van der Waals surface area (Å²) >= 11 is 5.84. The number of pyridine rings is 1. The largest absolute Gasteiger partial charge is 0.385 e. The molecule has 1 heterocycles. The molecule has 16 heavy (non-hydrogen) atoms. The highest BCUT2D eigenvalue weighted by Crippen LogP contribution is 2.45. The fourth-order valence-corrected chi connectivity index (χ4v) is 2.25. The third-order valence-corrected chi connectivity index (χ3v) is 3.13. The van der Waals surface area contributed by atoms with Crippen LogP contribution in [-0.2, 0) is 10.3 Å². The molecule has 88 valence electrons. The molecule has 1 aromatic rings. The van der Waals surface area contributed by atoms with E-state index in [4.69, 9.17) is 22.1 Å². The monoisotopic (exact) mass is 242 g/mol. The van der Waals surface area contributed by atoms with E-state index in [0.717, 1.165) is 0 Å². The second-order valence-corrected chi connectivity index (χ2v) is 4.54. The molecule has 1 fully saturated rings. The molecular formula is C11H15ClN2O2. The predicted octanol–water partition coefficient (Wildman–Crippen LogP) is 1.70. The van der Waals surface area contributed by atoms with Crippen molar-refractivity contribution in [2.24, 2.45) is 0 Å². The van der Waals surface area contributed by atoms with Crippen LogP contribution < -0.4 is 5.73 Å². The van der Waals surface area contributed by atoms with E-state index in [9.17, 15) is 5.11 Å². The average Bonchev–Trinajstić information content (AvgIpc) is 2.19. The Morgan fingerprint density at radius 2 is 2.38 bits per heavy atom. The lowest BCUT2D eigenvalue weighted by Gasteiger charge is -2.43. The molecule has 2 rings (SSSR count). The number of hydrogen-bond donors (Lipinski definition) is 2. The van der Waals surface area contributed by atoms with E-state index < -0.39 is 5.60 Å². The van der Waals surface area contributed by atoms with Gasteiger partial charge in [0.15, 0.2) is 0 Å². The van der Waals surface area contributed by atoms with Crippen LogP contribution in [0.4, 0.5) is 5.82 Å². The van der Waals surface area contributed by atoms with Crippen molar-refractivity contribution < 1.29 is 9.84 Å². The molecule has 0 spiro atoms. The maximum absolute atomic E-state index is 10.3. The SMILES string of the molecule is CCOC1CC(O)(c2cc(Cl)cnc2N)C1. The number of anilines is 1. The predicted molar refractivity (Wildman–Crippen MR) is 62.2 cm³/mol. The van der Waals surface area contributed by atoms with Gasteiger partial charge in [-0.15, -0.1) is 0 Å². The summed E-state index contributed by atoms with van der Waals surface area (Å²) in [7, 11) is 0. The lowest BCUT2D eigenvalue weighted by molar-refractivity contribution is -0.142. The Morgan fingerprint density at radius 1 is 1.69 bits per heavy atom. The zero-order valence-corrected chi connectivity index (χ0v) is 9.87. The zero-order valence-electron chi connectivity index (χ0n) is 9.11. The molecule has 3 N–H and O–H groups in total. The number of hydrogen-bond acceptors (Lipinski definition) is 4. The van der Waals surface area contributed by atoms with Gasteiger partial charge in [0.1, 0.15) is 5.82 Å². The van der Waals surface area contributed by atoms with Gasteiger partial charge in [0.05, 0.1) is 16.7 Å². The van der Waals surface area contributed by atoms with Gasteiger partial charge >= 0.3 is 0 Å². The minimum absolute atomic E-state index is 0.105. The van der Waals surface area contributed by atoms with Gasteiger partial charge < -0.3 is 15.6 Å². The van der Waals surface area contributed by atoms with Gasteiger partial charge in [-0.05, 0) is 13.0 Å². The fourth-order valence-electron chi connectivity index (χ4n) is 2.09. The summed E-state index contributed by atoms with van der Waals surface area (Å²) in [5.74, 6) is 0.335. The lowest BCUT2D eigenvalue weighted by atomic mass is 9.73. The number of ether oxygens (including phenoxy) is 1. The van der Waals surface area contributed by atoms with Crippen LogP contribution in [0.15, 0.2) is 12.3 Å². The van der Waals surface area contributed by atoms with E-state index in [1.54, 1.807) is 6.07 Å². The van der Waals surface area contributed by atoms with E-state index in [1.165, 1.54) is 6.20 Å². The van der Waals surface area contributed by atoms with Crippen LogP contribution in [0.25, 0.3) is 0 Å². The molecular weight excluding hydrogens is 228 g/mol. The second kappa shape index (κ2) is 4.20. The lowest BCUT2D eigenvalue weighted by Crippen LogP contribution is -2.46. The molecule has 1 saturated carbocycles. The molecule has 1 aromatic heterocycles. The molecule has 0 unspecified atom stereocenters. The van der Waals surface area contributed by atoms with Gasteiger partial charge in [-0.2, -0.15) is 0 Å². The highest BCUT2D eigenvalue weighted by molar-refractivity contribution is 6.30. The number of nitrogen functional groups attached to an aromatic ring is 1. The quantitative estimate of drug-likeness (QED) is 0.847. The molecule has 1 aliphatic rings. The smallest absolute Gasteiger partial charge is 0.129 e. The molecule has 0 bridgehead atoms. The average molecular weight is 243 g/mol. The second-order valence-electron chi connectivity index (χ2n) is 4.10. The summed E-state index contributed by atoms with van der Waals surface area (Å²) in [6.45, 7) is 2.59. The van der Waals surface area contributed by atoms with E-state index in [1.807, 2.05) is 6.92 Å². The van der Waals surface area contributed by atoms with Crippen LogP contribution in [-0.4, -0.2) is 22.8 Å². The standard InChI is InChI=1S/C11H15ClN2O2/c1-2-16-8-4-11(15,5-8)9-3-7(12)6-14-10(9)13/h3,6,8,15H,2,4-5H2,1H3,(H2,13,14). The van der Waals surface area contributed by atoms with Gasteiger partial charge in [-0.3, -0.25) is 0 Å². The molecule has 1 aliphatic carbocycles. The summed E-state index contributed by atoms with van der Waals surface area (Å²) in [4.78, 5) is 3.94. The first-order valence-corrected chi connectivity index (χ1v) is 5.68. The van der Waals surface area contributed by atoms with Crippen molar-refractivity contribution in [1.82, 2.24) is 4.98 Å². The Labute approximate surface area is 99.4 Å². The van der Waals surface area contributed by atoms with E-state index in [0.29, 0.717) is 35.9 Å². The number of nitrogens with two attached hydrogens (primary N) is 1. The molecule has 0 amide bonds. The molecule has 5 heteroatoms. The summed E-state index contributed by atoms with van der Waals surface area (Å²) < 4.78 is 5.41. The van der Waals surface area contributed by atoms with E-state index in [-0.39, 0.29) is 6.10 Å². The maximum atomic E-state index is 10.3. The summed E-state index contributed by atoms with van der Waals surface area (Å²) in [5.41, 5.74) is 5.41. The Bertz CT molecular complexity index is 392. The molecule has 0 aliphatic heterocycles. The first-order valence-electron chi connectivity index (χ1n) is 5.30. The highest BCUT2D eigenvalue weighted by atomic mass is 35.5. The van der Waals surface area contributed by atoms with Crippen LogP contribution in [0, 0.1) is 0 Å². The van der Waals surface area contributed by atoms with Gasteiger partial charge in [-0.1, -0.05) is 11.6 Å². The fraction of sp³-hybridized carbons (Fsp3) is 0.545. The van der Waals surface area contributed by atoms with Crippen LogP contribution in [0.2, 0.25) is 5.02 Å². The van der Waals surface area contributed by atoms with Gasteiger partial charge in [0, 0.05) is 31.2 Å². The van der Waals surface area contributed by atoms with Gasteiger partial charge in [0.2, 0.25) is 0 Å². The Morgan fingerprint density at radius 3 is 3.00 bits per heavy atom. The maximum Gasteiger partial charge on any atom is 0.129 e.